The van der Waals surface area contributed by atoms with E-state index in [1.165, 1.54) is 16.1 Å². The summed E-state index contributed by atoms with van der Waals surface area (Å²) in [6.07, 6.45) is 0.998. The van der Waals surface area contributed by atoms with Gasteiger partial charge in [-0.2, -0.15) is 5.10 Å². The fourth-order valence-corrected chi connectivity index (χ4v) is 2.67. The van der Waals surface area contributed by atoms with Gasteiger partial charge in [0.05, 0.1) is 11.4 Å². The van der Waals surface area contributed by atoms with Crippen molar-refractivity contribution >= 4 is 11.3 Å². The molecular formula is C13H19N3S. The van der Waals surface area contributed by atoms with Crippen molar-refractivity contribution in [2.45, 2.75) is 33.4 Å². The Bertz CT molecular complexity index is 485. The predicted molar refractivity (Wildman–Crippen MR) is 72.2 cm³/mol. The standard InChI is InChI=1S/C13H19N3S/c1-4-11-7-12(16(3)15-11)8-14-9-13-10(2)5-6-17-13/h5-7,14H,4,8-9H2,1-3H3. The number of rotatable bonds is 5. The smallest absolute Gasteiger partial charge is 0.0625 e. The highest BCUT2D eigenvalue weighted by atomic mass is 32.1. The van der Waals surface area contributed by atoms with E-state index in [0.717, 1.165) is 25.2 Å². The van der Waals surface area contributed by atoms with Crippen LogP contribution in [-0.4, -0.2) is 9.78 Å². The van der Waals surface area contributed by atoms with Gasteiger partial charge in [0, 0.05) is 25.0 Å². The Hall–Kier alpha value is -1.13. The highest BCUT2D eigenvalue weighted by molar-refractivity contribution is 7.10. The minimum Gasteiger partial charge on any atom is -0.306 e. The van der Waals surface area contributed by atoms with Crippen molar-refractivity contribution in [2.24, 2.45) is 7.05 Å². The van der Waals surface area contributed by atoms with Gasteiger partial charge in [0.1, 0.15) is 0 Å². The average molecular weight is 249 g/mol. The molecule has 2 aromatic rings. The van der Waals surface area contributed by atoms with Crippen LogP contribution >= 0.6 is 11.3 Å². The number of hydrogen-bond acceptors (Lipinski definition) is 3. The van der Waals surface area contributed by atoms with E-state index < -0.39 is 0 Å². The fraction of sp³-hybridized carbons (Fsp3) is 0.462. The van der Waals surface area contributed by atoms with E-state index in [1.807, 2.05) is 23.1 Å². The first-order valence-corrected chi connectivity index (χ1v) is 6.84. The molecular weight excluding hydrogens is 230 g/mol. The van der Waals surface area contributed by atoms with Crippen molar-refractivity contribution < 1.29 is 0 Å². The number of aryl methyl sites for hydroxylation is 3. The topological polar surface area (TPSA) is 29.9 Å². The van der Waals surface area contributed by atoms with Gasteiger partial charge in [-0.15, -0.1) is 11.3 Å². The van der Waals surface area contributed by atoms with Crippen LogP contribution in [0.5, 0.6) is 0 Å². The van der Waals surface area contributed by atoms with Crippen molar-refractivity contribution in [3.63, 3.8) is 0 Å². The zero-order valence-electron chi connectivity index (χ0n) is 10.7. The Morgan fingerprint density at radius 2 is 2.24 bits per heavy atom. The molecule has 1 N–H and O–H groups in total. The monoisotopic (exact) mass is 249 g/mol. The molecule has 0 aliphatic carbocycles. The van der Waals surface area contributed by atoms with Crippen LogP contribution in [0.25, 0.3) is 0 Å². The molecule has 2 rings (SSSR count). The van der Waals surface area contributed by atoms with Gasteiger partial charge in [0.2, 0.25) is 0 Å². The number of nitrogens with zero attached hydrogens (tertiary/aromatic N) is 2. The lowest BCUT2D eigenvalue weighted by Gasteiger charge is -2.04. The Labute approximate surface area is 106 Å². The maximum atomic E-state index is 4.44. The van der Waals surface area contributed by atoms with Crippen molar-refractivity contribution in [1.29, 1.82) is 0 Å². The second-order valence-electron chi connectivity index (χ2n) is 4.23. The summed E-state index contributed by atoms with van der Waals surface area (Å²) in [7, 11) is 2.01. The first-order chi connectivity index (χ1) is 8.20. The maximum Gasteiger partial charge on any atom is 0.0625 e. The Kier molecular flexibility index (Phi) is 3.97. The summed E-state index contributed by atoms with van der Waals surface area (Å²) in [5.74, 6) is 0. The predicted octanol–water partition coefficient (Wildman–Crippen LogP) is 2.64. The first-order valence-electron chi connectivity index (χ1n) is 5.96. The summed E-state index contributed by atoms with van der Waals surface area (Å²) >= 11 is 1.81. The third kappa shape index (κ3) is 2.96. The van der Waals surface area contributed by atoms with Gasteiger partial charge < -0.3 is 5.32 Å². The molecule has 0 radical (unpaired) electrons. The zero-order chi connectivity index (χ0) is 12.3. The first kappa shape index (κ1) is 12.3. The SMILES string of the molecule is CCc1cc(CNCc2sccc2C)n(C)n1. The van der Waals surface area contributed by atoms with Gasteiger partial charge in [0.25, 0.3) is 0 Å². The van der Waals surface area contributed by atoms with Gasteiger partial charge in [-0.05, 0) is 36.4 Å². The van der Waals surface area contributed by atoms with Gasteiger partial charge >= 0.3 is 0 Å². The van der Waals surface area contributed by atoms with Gasteiger partial charge in [-0.3, -0.25) is 4.68 Å². The van der Waals surface area contributed by atoms with Crippen LogP contribution in [0.3, 0.4) is 0 Å². The largest absolute Gasteiger partial charge is 0.306 e. The van der Waals surface area contributed by atoms with Crippen molar-refractivity contribution in [3.05, 3.63) is 39.3 Å². The number of thiophene rings is 1. The molecule has 0 aromatic carbocycles. The van der Waals surface area contributed by atoms with Gasteiger partial charge in [0.15, 0.2) is 0 Å². The second-order valence-corrected chi connectivity index (χ2v) is 5.24. The molecule has 0 aliphatic rings. The Morgan fingerprint density at radius 1 is 1.41 bits per heavy atom. The summed E-state index contributed by atoms with van der Waals surface area (Å²) in [6, 6.07) is 4.34. The molecule has 92 valence electrons. The maximum absolute atomic E-state index is 4.44. The summed E-state index contributed by atoms with van der Waals surface area (Å²) < 4.78 is 1.97. The zero-order valence-corrected chi connectivity index (χ0v) is 11.5. The van der Waals surface area contributed by atoms with Crippen molar-refractivity contribution in [3.8, 4) is 0 Å². The van der Waals surface area contributed by atoms with E-state index in [0.29, 0.717) is 0 Å². The van der Waals surface area contributed by atoms with E-state index in [9.17, 15) is 0 Å². The molecule has 0 bridgehead atoms. The molecule has 0 amide bonds. The summed E-state index contributed by atoms with van der Waals surface area (Å²) in [6.45, 7) is 6.11. The molecule has 17 heavy (non-hydrogen) atoms. The lowest BCUT2D eigenvalue weighted by molar-refractivity contribution is 0.626. The van der Waals surface area contributed by atoms with Crippen LogP contribution < -0.4 is 5.32 Å². The lowest BCUT2D eigenvalue weighted by atomic mass is 10.3. The van der Waals surface area contributed by atoms with E-state index >= 15 is 0 Å². The summed E-state index contributed by atoms with van der Waals surface area (Å²) in [5, 5.41) is 10.1. The molecule has 0 fully saturated rings. The second kappa shape index (κ2) is 5.47. The number of hydrogen-bond donors (Lipinski definition) is 1. The van der Waals surface area contributed by atoms with E-state index in [1.54, 1.807) is 0 Å². The highest BCUT2D eigenvalue weighted by Crippen LogP contribution is 2.15. The van der Waals surface area contributed by atoms with E-state index in [-0.39, 0.29) is 0 Å². The molecule has 2 aromatic heterocycles. The lowest BCUT2D eigenvalue weighted by Crippen LogP contribution is -2.14. The molecule has 2 heterocycles. The van der Waals surface area contributed by atoms with Crippen molar-refractivity contribution in [2.75, 3.05) is 0 Å². The Balaban J connectivity index is 1.90. The number of nitrogens with one attached hydrogen (secondary N) is 1. The summed E-state index contributed by atoms with van der Waals surface area (Å²) in [4.78, 5) is 1.42. The van der Waals surface area contributed by atoms with E-state index in [2.05, 4.69) is 41.8 Å². The Morgan fingerprint density at radius 3 is 2.82 bits per heavy atom. The van der Waals surface area contributed by atoms with Crippen LogP contribution in [0, 0.1) is 6.92 Å². The molecule has 0 saturated carbocycles. The van der Waals surface area contributed by atoms with Crippen LogP contribution in [0.4, 0.5) is 0 Å². The summed E-state index contributed by atoms with van der Waals surface area (Å²) in [5.41, 5.74) is 3.79. The molecule has 4 heteroatoms. The van der Waals surface area contributed by atoms with Gasteiger partial charge in [-0.1, -0.05) is 6.92 Å². The molecule has 3 nitrogen and oxygen atoms in total. The van der Waals surface area contributed by atoms with Gasteiger partial charge in [-0.25, -0.2) is 0 Å². The van der Waals surface area contributed by atoms with Crippen LogP contribution in [0.15, 0.2) is 17.5 Å². The van der Waals surface area contributed by atoms with Crippen molar-refractivity contribution in [1.82, 2.24) is 15.1 Å². The molecule has 0 atom stereocenters. The third-order valence-electron chi connectivity index (χ3n) is 2.95. The molecule has 0 spiro atoms. The third-order valence-corrected chi connectivity index (χ3v) is 3.97. The number of aromatic nitrogens is 2. The van der Waals surface area contributed by atoms with E-state index in [4.69, 9.17) is 0 Å². The quantitative estimate of drug-likeness (QED) is 0.883. The molecule has 0 aliphatic heterocycles. The average Bonchev–Trinajstić information content (AvgIpc) is 2.87. The normalized spacial score (nSPS) is 11.0. The highest BCUT2D eigenvalue weighted by Gasteiger charge is 2.04. The van der Waals surface area contributed by atoms with Crippen LogP contribution in [0.1, 0.15) is 28.8 Å². The fourth-order valence-electron chi connectivity index (χ4n) is 1.80. The van der Waals surface area contributed by atoms with Crippen LogP contribution in [-0.2, 0) is 26.6 Å². The minimum atomic E-state index is 0.876. The minimum absolute atomic E-state index is 0.876. The molecule has 0 saturated heterocycles. The van der Waals surface area contributed by atoms with Crippen LogP contribution in [0.2, 0.25) is 0 Å². The molecule has 0 unspecified atom stereocenters.